The number of rotatable bonds is 3. The first-order valence-corrected chi connectivity index (χ1v) is 6.98. The minimum Gasteiger partial charge on any atom is -0.422 e. The van der Waals surface area contributed by atoms with Gasteiger partial charge in [0.2, 0.25) is 0 Å². The van der Waals surface area contributed by atoms with Gasteiger partial charge in [-0.05, 0) is 37.3 Å². The fourth-order valence-electron chi connectivity index (χ4n) is 2.01. The molecule has 0 aliphatic carbocycles. The molecule has 0 saturated carbocycles. The van der Waals surface area contributed by atoms with Crippen LogP contribution in [0, 0.1) is 6.92 Å². The van der Waals surface area contributed by atoms with Gasteiger partial charge in [0.25, 0.3) is 0 Å². The molecule has 5 nitrogen and oxygen atoms in total. The lowest BCUT2D eigenvalue weighted by Gasteiger charge is -2.04. The number of para-hydroxylation sites is 1. The molecule has 1 heterocycles. The van der Waals surface area contributed by atoms with Crippen molar-refractivity contribution in [2.75, 3.05) is 0 Å². The molecule has 0 spiro atoms. The van der Waals surface area contributed by atoms with Gasteiger partial charge in [-0.1, -0.05) is 41.1 Å². The van der Waals surface area contributed by atoms with E-state index in [-0.39, 0.29) is 5.69 Å². The third-order valence-electron chi connectivity index (χ3n) is 3.09. The van der Waals surface area contributed by atoms with Crippen LogP contribution in [-0.2, 0) is 0 Å². The number of carbonyl (C=O) groups is 1. The van der Waals surface area contributed by atoms with Gasteiger partial charge in [0, 0.05) is 5.02 Å². The summed E-state index contributed by atoms with van der Waals surface area (Å²) in [5.74, 6) is -0.0822. The van der Waals surface area contributed by atoms with E-state index in [0.717, 1.165) is 5.69 Å². The molecule has 0 amide bonds. The summed E-state index contributed by atoms with van der Waals surface area (Å²) >= 11 is 5.97. The highest BCUT2D eigenvalue weighted by Crippen LogP contribution is 2.18. The summed E-state index contributed by atoms with van der Waals surface area (Å²) in [6.07, 6.45) is 0. The Morgan fingerprint density at radius 2 is 1.91 bits per heavy atom. The molecule has 1 aromatic heterocycles. The van der Waals surface area contributed by atoms with Crippen LogP contribution in [0.2, 0.25) is 5.02 Å². The SMILES string of the molecule is Cc1c(C(=O)Oc2ccccc2)nnn1-c1cccc(Cl)c1. The highest BCUT2D eigenvalue weighted by atomic mass is 35.5. The van der Waals surface area contributed by atoms with E-state index >= 15 is 0 Å². The predicted octanol–water partition coefficient (Wildman–Crippen LogP) is 3.45. The first-order valence-electron chi connectivity index (χ1n) is 6.60. The average molecular weight is 314 g/mol. The van der Waals surface area contributed by atoms with Crippen LogP contribution >= 0.6 is 11.6 Å². The summed E-state index contributed by atoms with van der Waals surface area (Å²) in [6, 6.07) is 16.0. The van der Waals surface area contributed by atoms with Crippen molar-refractivity contribution in [3.63, 3.8) is 0 Å². The van der Waals surface area contributed by atoms with Gasteiger partial charge in [0.05, 0.1) is 11.4 Å². The smallest absolute Gasteiger partial charge is 0.366 e. The Morgan fingerprint density at radius 1 is 1.14 bits per heavy atom. The highest BCUT2D eigenvalue weighted by Gasteiger charge is 2.19. The molecule has 0 aliphatic heterocycles. The molecule has 0 aliphatic rings. The maximum absolute atomic E-state index is 12.2. The van der Waals surface area contributed by atoms with Gasteiger partial charge in [0.1, 0.15) is 5.75 Å². The molecule has 0 N–H and O–H groups in total. The molecule has 6 heteroatoms. The summed E-state index contributed by atoms with van der Waals surface area (Å²) in [4.78, 5) is 12.2. The Kier molecular flexibility index (Phi) is 3.89. The highest BCUT2D eigenvalue weighted by molar-refractivity contribution is 6.30. The Morgan fingerprint density at radius 3 is 2.64 bits per heavy atom. The van der Waals surface area contributed by atoms with Crippen molar-refractivity contribution in [2.45, 2.75) is 6.92 Å². The van der Waals surface area contributed by atoms with Crippen molar-refractivity contribution in [3.05, 3.63) is 71.0 Å². The van der Waals surface area contributed by atoms with Crippen LogP contribution in [0.25, 0.3) is 5.69 Å². The lowest BCUT2D eigenvalue weighted by molar-refractivity contribution is 0.0727. The molecule has 3 aromatic rings. The fraction of sp³-hybridized carbons (Fsp3) is 0.0625. The second kappa shape index (κ2) is 5.99. The number of esters is 1. The molecule has 110 valence electrons. The van der Waals surface area contributed by atoms with Crippen LogP contribution in [0.15, 0.2) is 54.6 Å². The van der Waals surface area contributed by atoms with Crippen molar-refractivity contribution >= 4 is 17.6 Å². The van der Waals surface area contributed by atoms with Gasteiger partial charge in [0.15, 0.2) is 5.69 Å². The lowest BCUT2D eigenvalue weighted by Crippen LogP contribution is -2.11. The van der Waals surface area contributed by atoms with Crippen molar-refractivity contribution in [1.82, 2.24) is 15.0 Å². The maximum atomic E-state index is 12.2. The molecule has 0 atom stereocenters. The number of halogens is 1. The second-order valence-corrected chi connectivity index (χ2v) is 5.05. The van der Waals surface area contributed by atoms with Gasteiger partial charge >= 0.3 is 5.97 Å². The fourth-order valence-corrected chi connectivity index (χ4v) is 2.20. The zero-order valence-electron chi connectivity index (χ0n) is 11.7. The average Bonchev–Trinajstić information content (AvgIpc) is 2.90. The van der Waals surface area contributed by atoms with E-state index in [0.29, 0.717) is 16.5 Å². The maximum Gasteiger partial charge on any atom is 0.366 e. The van der Waals surface area contributed by atoms with E-state index in [4.69, 9.17) is 16.3 Å². The monoisotopic (exact) mass is 313 g/mol. The predicted molar refractivity (Wildman–Crippen MR) is 82.5 cm³/mol. The first-order chi connectivity index (χ1) is 10.6. The van der Waals surface area contributed by atoms with E-state index in [9.17, 15) is 4.79 Å². The molecule has 22 heavy (non-hydrogen) atoms. The number of nitrogens with zero attached hydrogens (tertiary/aromatic N) is 3. The molecule has 2 aromatic carbocycles. The quantitative estimate of drug-likeness (QED) is 0.549. The topological polar surface area (TPSA) is 57.0 Å². The number of benzene rings is 2. The summed E-state index contributed by atoms with van der Waals surface area (Å²) in [7, 11) is 0. The Bertz CT molecular complexity index is 815. The molecule has 0 bridgehead atoms. The van der Waals surface area contributed by atoms with E-state index in [1.165, 1.54) is 0 Å². The second-order valence-electron chi connectivity index (χ2n) is 4.62. The van der Waals surface area contributed by atoms with Crippen LogP contribution in [0.5, 0.6) is 5.75 Å². The number of hydrogen-bond donors (Lipinski definition) is 0. The zero-order chi connectivity index (χ0) is 15.5. The number of carbonyl (C=O) groups excluding carboxylic acids is 1. The van der Waals surface area contributed by atoms with Gasteiger partial charge in [-0.15, -0.1) is 5.10 Å². The van der Waals surface area contributed by atoms with E-state index in [1.807, 2.05) is 12.1 Å². The number of aromatic nitrogens is 3. The van der Waals surface area contributed by atoms with Crippen LogP contribution in [0.3, 0.4) is 0 Å². The Labute approximate surface area is 132 Å². The van der Waals surface area contributed by atoms with Gasteiger partial charge in [-0.2, -0.15) is 0 Å². The molecular weight excluding hydrogens is 302 g/mol. The van der Waals surface area contributed by atoms with Gasteiger partial charge in [-0.3, -0.25) is 0 Å². The van der Waals surface area contributed by atoms with Crippen molar-refractivity contribution < 1.29 is 9.53 Å². The third kappa shape index (κ3) is 2.84. The van der Waals surface area contributed by atoms with E-state index < -0.39 is 5.97 Å². The van der Waals surface area contributed by atoms with E-state index in [1.54, 1.807) is 54.1 Å². The molecular formula is C16H12ClN3O2. The van der Waals surface area contributed by atoms with Crippen molar-refractivity contribution in [3.8, 4) is 11.4 Å². The molecule has 0 radical (unpaired) electrons. The first kappa shape index (κ1) is 14.3. The number of hydrogen-bond acceptors (Lipinski definition) is 4. The third-order valence-corrected chi connectivity index (χ3v) is 3.33. The van der Waals surface area contributed by atoms with Gasteiger partial charge in [-0.25, -0.2) is 9.48 Å². The summed E-state index contributed by atoms with van der Waals surface area (Å²) < 4.78 is 6.82. The molecule has 0 fully saturated rings. The zero-order valence-corrected chi connectivity index (χ0v) is 12.5. The minimum atomic E-state index is -0.544. The summed E-state index contributed by atoms with van der Waals surface area (Å²) in [6.45, 7) is 1.75. The van der Waals surface area contributed by atoms with Gasteiger partial charge < -0.3 is 4.74 Å². The van der Waals surface area contributed by atoms with Crippen molar-refractivity contribution in [2.24, 2.45) is 0 Å². The molecule has 0 unspecified atom stereocenters. The van der Waals surface area contributed by atoms with Crippen molar-refractivity contribution in [1.29, 1.82) is 0 Å². The van der Waals surface area contributed by atoms with Crippen LogP contribution in [-0.4, -0.2) is 21.0 Å². The van der Waals surface area contributed by atoms with Crippen LogP contribution in [0.4, 0.5) is 0 Å². The molecule has 0 saturated heterocycles. The minimum absolute atomic E-state index is 0.170. The standard InChI is InChI=1S/C16H12ClN3O2/c1-11-15(16(21)22-14-8-3-2-4-9-14)18-19-20(11)13-7-5-6-12(17)10-13/h2-10H,1H3. The van der Waals surface area contributed by atoms with Crippen LogP contribution in [0.1, 0.15) is 16.2 Å². The number of ether oxygens (including phenoxy) is 1. The Hall–Kier alpha value is -2.66. The van der Waals surface area contributed by atoms with E-state index in [2.05, 4.69) is 10.3 Å². The molecule has 3 rings (SSSR count). The Balaban J connectivity index is 1.89. The summed E-state index contributed by atoms with van der Waals surface area (Å²) in [5, 5.41) is 8.49. The normalized spacial score (nSPS) is 10.5. The summed E-state index contributed by atoms with van der Waals surface area (Å²) in [5.41, 5.74) is 1.49. The van der Waals surface area contributed by atoms with Crippen LogP contribution < -0.4 is 4.74 Å². The lowest BCUT2D eigenvalue weighted by atomic mass is 10.3. The largest absolute Gasteiger partial charge is 0.422 e.